The summed E-state index contributed by atoms with van der Waals surface area (Å²) in [7, 11) is 0. The molecule has 0 radical (unpaired) electrons. The van der Waals surface area contributed by atoms with E-state index in [1.54, 1.807) is 19.1 Å². The number of hydrogen-bond acceptors (Lipinski definition) is 5. The number of aromatic nitrogens is 1. The maximum absolute atomic E-state index is 15.4. The van der Waals surface area contributed by atoms with E-state index in [0.717, 1.165) is 44.6 Å². The molecule has 4 rings (SSSR count). The molecule has 9 heteroatoms. The molecule has 1 amide bonds. The Hall–Kier alpha value is -3.08. The van der Waals surface area contributed by atoms with Crippen molar-refractivity contribution in [3.63, 3.8) is 0 Å². The molecule has 1 unspecified atom stereocenters. The Kier molecular flexibility index (Phi) is 9.30. The van der Waals surface area contributed by atoms with Gasteiger partial charge >= 0.3 is 5.97 Å². The number of benzene rings is 1. The molecule has 6 nitrogen and oxygen atoms in total. The summed E-state index contributed by atoms with van der Waals surface area (Å²) in [6.45, 7) is 1.62. The molecule has 2 aliphatic carbocycles. The van der Waals surface area contributed by atoms with Crippen LogP contribution in [0.1, 0.15) is 63.9 Å². The largest absolute Gasteiger partial charge is 0.476 e. The molecule has 1 saturated carbocycles. The molecule has 0 saturated heterocycles. The summed E-state index contributed by atoms with van der Waals surface area (Å²) in [4.78, 5) is 32.6. The van der Waals surface area contributed by atoms with Gasteiger partial charge in [0.25, 0.3) is 5.91 Å². The first-order valence-corrected chi connectivity index (χ1v) is 13.5. The normalized spacial score (nSPS) is 16.6. The van der Waals surface area contributed by atoms with E-state index >= 15 is 4.39 Å². The number of rotatable bonds is 8. The van der Waals surface area contributed by atoms with Crippen LogP contribution in [0.3, 0.4) is 0 Å². The predicted molar refractivity (Wildman–Crippen MR) is 145 cm³/mol. The van der Waals surface area contributed by atoms with Crippen LogP contribution in [0.15, 0.2) is 41.6 Å². The average Bonchev–Trinajstić information content (AvgIpc) is 3.42. The van der Waals surface area contributed by atoms with E-state index in [0.29, 0.717) is 29.6 Å². The van der Waals surface area contributed by atoms with Crippen molar-refractivity contribution < 1.29 is 23.5 Å². The molecule has 200 valence electrons. The summed E-state index contributed by atoms with van der Waals surface area (Å²) >= 11 is 12.2. The van der Waals surface area contributed by atoms with E-state index < -0.39 is 23.8 Å². The minimum atomic E-state index is -0.725. The van der Waals surface area contributed by atoms with Crippen LogP contribution in [-0.2, 0) is 20.9 Å². The van der Waals surface area contributed by atoms with E-state index in [1.807, 2.05) is 0 Å². The highest BCUT2D eigenvalue weighted by Gasteiger charge is 2.32. The highest BCUT2D eigenvalue weighted by molar-refractivity contribution is 6.32. The van der Waals surface area contributed by atoms with Crippen molar-refractivity contribution in [2.45, 2.75) is 77.0 Å². The number of carbonyl (C=O) groups excluding carboxylic acids is 2. The van der Waals surface area contributed by atoms with Crippen molar-refractivity contribution in [2.24, 2.45) is 0 Å². The van der Waals surface area contributed by atoms with E-state index in [2.05, 4.69) is 10.9 Å². The maximum atomic E-state index is 15.4. The van der Waals surface area contributed by atoms with Gasteiger partial charge in [0.2, 0.25) is 0 Å². The SMILES string of the molecule is C#CC(C)Oc1cc(N(Cc2ccc(Cl)nc2)C(=O)C2=C(C(=O)OC3CCCC3)CCCC2)c(F)cc1Cl. The van der Waals surface area contributed by atoms with Gasteiger partial charge in [0.1, 0.15) is 22.8 Å². The van der Waals surface area contributed by atoms with Crippen molar-refractivity contribution in [2.75, 3.05) is 4.90 Å². The number of hydrogen-bond donors (Lipinski definition) is 0. The molecular weight excluding hydrogens is 530 g/mol. The van der Waals surface area contributed by atoms with Gasteiger partial charge in [-0.3, -0.25) is 4.79 Å². The van der Waals surface area contributed by atoms with Crippen LogP contribution in [0.2, 0.25) is 10.2 Å². The number of nitrogens with zero attached hydrogens (tertiary/aromatic N) is 2. The monoisotopic (exact) mass is 558 g/mol. The van der Waals surface area contributed by atoms with Gasteiger partial charge in [0.05, 0.1) is 17.3 Å². The average molecular weight is 559 g/mol. The van der Waals surface area contributed by atoms with Crippen LogP contribution in [0.5, 0.6) is 5.75 Å². The number of halogens is 3. The van der Waals surface area contributed by atoms with Crippen LogP contribution >= 0.6 is 23.2 Å². The Morgan fingerprint density at radius 1 is 1.16 bits per heavy atom. The lowest BCUT2D eigenvalue weighted by atomic mass is 9.90. The zero-order chi connectivity index (χ0) is 27.2. The van der Waals surface area contributed by atoms with Gasteiger partial charge in [0, 0.05) is 23.4 Å². The van der Waals surface area contributed by atoms with Crippen molar-refractivity contribution in [3.8, 4) is 18.1 Å². The fourth-order valence-electron chi connectivity index (χ4n) is 4.75. The maximum Gasteiger partial charge on any atom is 0.334 e. The topological polar surface area (TPSA) is 68.7 Å². The Bertz CT molecular complexity index is 1270. The van der Waals surface area contributed by atoms with Crippen LogP contribution in [0, 0.1) is 18.2 Å². The minimum absolute atomic E-state index is 0.0200. The first kappa shape index (κ1) is 27.9. The number of ether oxygens (including phenoxy) is 2. The number of anilines is 1. The number of terminal acetylenes is 1. The van der Waals surface area contributed by atoms with Crippen LogP contribution in [0.25, 0.3) is 0 Å². The molecule has 2 aromatic rings. The number of amides is 1. The summed E-state index contributed by atoms with van der Waals surface area (Å²) in [5.41, 5.74) is 1.24. The number of esters is 1. The fourth-order valence-corrected chi connectivity index (χ4v) is 5.05. The lowest BCUT2D eigenvalue weighted by Gasteiger charge is -2.28. The smallest absolute Gasteiger partial charge is 0.334 e. The van der Waals surface area contributed by atoms with Crippen molar-refractivity contribution in [1.82, 2.24) is 4.98 Å². The van der Waals surface area contributed by atoms with Crippen molar-refractivity contribution in [1.29, 1.82) is 0 Å². The Labute approximate surface area is 232 Å². The summed E-state index contributed by atoms with van der Waals surface area (Å²) in [6, 6.07) is 5.73. The molecule has 0 spiro atoms. The number of pyridine rings is 1. The molecule has 1 fully saturated rings. The van der Waals surface area contributed by atoms with Crippen molar-refractivity contribution in [3.05, 3.63) is 63.2 Å². The highest BCUT2D eigenvalue weighted by atomic mass is 35.5. The van der Waals surface area contributed by atoms with Gasteiger partial charge in [-0.25, -0.2) is 14.2 Å². The van der Waals surface area contributed by atoms with E-state index in [4.69, 9.17) is 39.1 Å². The molecule has 2 aliphatic rings. The molecule has 1 aromatic carbocycles. The third-order valence-corrected chi connectivity index (χ3v) is 7.27. The van der Waals surface area contributed by atoms with Crippen LogP contribution < -0.4 is 9.64 Å². The molecule has 0 aliphatic heterocycles. The van der Waals surface area contributed by atoms with E-state index in [1.165, 1.54) is 17.2 Å². The highest BCUT2D eigenvalue weighted by Crippen LogP contribution is 2.36. The third-order valence-electron chi connectivity index (χ3n) is 6.75. The molecule has 38 heavy (non-hydrogen) atoms. The third kappa shape index (κ3) is 6.67. The standard InChI is InChI=1S/C29H29Cl2FN2O4/c1-3-18(2)37-26-15-25(24(32)14-23(26)30)34(17-19-12-13-27(31)33-16-19)28(35)21-10-6-7-11-22(21)29(36)38-20-8-4-5-9-20/h1,12-16,18,20H,4-11,17H2,2H3. The second kappa shape index (κ2) is 12.6. The van der Waals surface area contributed by atoms with Gasteiger partial charge in [0.15, 0.2) is 6.10 Å². The zero-order valence-electron chi connectivity index (χ0n) is 21.1. The molecule has 1 aromatic heterocycles. The fraction of sp³-hybridized carbons (Fsp3) is 0.414. The van der Waals surface area contributed by atoms with Gasteiger partial charge in [-0.15, -0.1) is 6.42 Å². The summed E-state index contributed by atoms with van der Waals surface area (Å²) in [6.07, 6.45) is 12.2. The van der Waals surface area contributed by atoms with E-state index in [9.17, 15) is 9.59 Å². The number of carbonyl (C=O) groups is 2. The molecule has 1 atom stereocenters. The minimum Gasteiger partial charge on any atom is -0.476 e. The first-order chi connectivity index (χ1) is 18.3. The van der Waals surface area contributed by atoms with E-state index in [-0.39, 0.29) is 34.3 Å². The first-order valence-electron chi connectivity index (χ1n) is 12.7. The lowest BCUT2D eigenvalue weighted by molar-refractivity contribution is -0.144. The van der Waals surface area contributed by atoms with Gasteiger partial charge in [-0.2, -0.15) is 0 Å². The van der Waals surface area contributed by atoms with Gasteiger partial charge in [-0.05, 0) is 76.0 Å². The Balaban J connectivity index is 1.75. The summed E-state index contributed by atoms with van der Waals surface area (Å²) in [5, 5.41) is 0.307. The predicted octanol–water partition coefficient (Wildman–Crippen LogP) is 6.82. The molecule has 1 heterocycles. The lowest BCUT2D eigenvalue weighted by Crippen LogP contribution is -2.35. The Morgan fingerprint density at radius 3 is 2.53 bits per heavy atom. The Morgan fingerprint density at radius 2 is 1.87 bits per heavy atom. The van der Waals surface area contributed by atoms with Crippen LogP contribution in [-0.4, -0.2) is 29.1 Å². The van der Waals surface area contributed by atoms with Gasteiger partial charge in [-0.1, -0.05) is 35.2 Å². The van der Waals surface area contributed by atoms with Gasteiger partial charge < -0.3 is 14.4 Å². The molecule has 0 N–H and O–H groups in total. The second-order valence-corrected chi connectivity index (χ2v) is 10.3. The summed E-state index contributed by atoms with van der Waals surface area (Å²) in [5.74, 6) is 0.898. The van der Waals surface area contributed by atoms with Crippen molar-refractivity contribution >= 4 is 40.8 Å². The van der Waals surface area contributed by atoms with Crippen LogP contribution in [0.4, 0.5) is 10.1 Å². The zero-order valence-corrected chi connectivity index (χ0v) is 22.7. The molecular formula is C29H29Cl2FN2O4. The second-order valence-electron chi connectivity index (χ2n) is 9.52. The molecule has 0 bridgehead atoms. The summed E-state index contributed by atoms with van der Waals surface area (Å²) < 4.78 is 26.8. The quantitative estimate of drug-likeness (QED) is 0.202.